The summed E-state index contributed by atoms with van der Waals surface area (Å²) in [5.41, 5.74) is 0.115. The number of carbonyl (C=O) groups excluding carboxylic acids is 3. The third-order valence-corrected chi connectivity index (χ3v) is 8.83. The van der Waals surface area contributed by atoms with Crippen molar-refractivity contribution in [1.29, 1.82) is 0 Å². The number of likely N-dealkylation sites (N-methyl/N-ethyl adjacent to an activating group) is 1. The number of carboxylic acids is 1. The summed E-state index contributed by atoms with van der Waals surface area (Å²) in [6.07, 6.45) is -0.526. The highest BCUT2D eigenvalue weighted by Crippen LogP contribution is 2.52. The first kappa shape index (κ1) is 27.0. The number of aliphatic carboxylic acids is 1. The third kappa shape index (κ3) is 4.69. The summed E-state index contributed by atoms with van der Waals surface area (Å²) in [5.74, 6) is -3.87. The Morgan fingerprint density at radius 2 is 1.86 bits per heavy atom. The van der Waals surface area contributed by atoms with E-state index in [0.29, 0.717) is 17.9 Å². The minimum atomic E-state index is -1.22. The van der Waals surface area contributed by atoms with Gasteiger partial charge in [0.15, 0.2) is 17.3 Å². The number of hydrogen-bond donors (Lipinski definition) is 4. The Labute approximate surface area is 218 Å². The number of amides is 2. The van der Waals surface area contributed by atoms with Crippen LogP contribution in [0.5, 0.6) is 11.5 Å². The van der Waals surface area contributed by atoms with Crippen LogP contribution in [-0.2, 0) is 14.4 Å². The number of nitrogens with zero attached hydrogens (tertiary/aromatic N) is 3. The van der Waals surface area contributed by atoms with Crippen molar-refractivity contribution in [3.8, 4) is 11.5 Å². The molecule has 0 saturated carbocycles. The van der Waals surface area contributed by atoms with Crippen LogP contribution in [0.3, 0.4) is 0 Å². The molecule has 37 heavy (non-hydrogen) atoms. The molecule has 0 aliphatic carbocycles. The average Bonchev–Trinajstić information content (AvgIpc) is 3.31. The summed E-state index contributed by atoms with van der Waals surface area (Å²) in [6, 6.07) is 2.75. The summed E-state index contributed by atoms with van der Waals surface area (Å²) in [4.78, 5) is 55.7. The molecule has 3 aliphatic rings. The van der Waals surface area contributed by atoms with Gasteiger partial charge in [-0.1, -0.05) is 6.92 Å². The van der Waals surface area contributed by atoms with Gasteiger partial charge in [0.05, 0.1) is 30.7 Å². The predicted octanol–water partition coefficient (Wildman–Crippen LogP) is 0.699. The Kier molecular flexibility index (Phi) is 7.28. The van der Waals surface area contributed by atoms with Gasteiger partial charge in [-0.15, -0.1) is 11.8 Å². The van der Waals surface area contributed by atoms with Crippen LogP contribution in [0, 0.1) is 11.8 Å². The largest absolute Gasteiger partial charge is 0.504 e. The van der Waals surface area contributed by atoms with Gasteiger partial charge in [0, 0.05) is 42.3 Å². The van der Waals surface area contributed by atoms with E-state index in [9.17, 15) is 39.6 Å². The van der Waals surface area contributed by atoms with Gasteiger partial charge >= 0.3 is 5.97 Å². The van der Waals surface area contributed by atoms with E-state index in [1.807, 2.05) is 6.92 Å². The van der Waals surface area contributed by atoms with Gasteiger partial charge in [-0.05, 0) is 31.5 Å². The smallest absolute Gasteiger partial charge is 0.353 e. The second kappa shape index (κ2) is 9.99. The lowest BCUT2D eigenvalue weighted by Gasteiger charge is -2.46. The molecule has 12 heteroatoms. The highest BCUT2D eigenvalue weighted by molar-refractivity contribution is 8.03. The van der Waals surface area contributed by atoms with Gasteiger partial charge in [-0.25, -0.2) is 4.79 Å². The van der Waals surface area contributed by atoms with Gasteiger partial charge < -0.3 is 30.2 Å². The molecular weight excluding hydrogens is 502 g/mol. The minimum absolute atomic E-state index is 0.0750. The third-order valence-electron chi connectivity index (χ3n) is 7.34. The molecule has 1 unspecified atom stereocenters. The molecule has 3 heterocycles. The Morgan fingerprint density at radius 3 is 2.43 bits per heavy atom. The van der Waals surface area contributed by atoms with E-state index in [1.54, 1.807) is 19.0 Å². The van der Waals surface area contributed by atoms with E-state index in [4.69, 9.17) is 0 Å². The fourth-order valence-electron chi connectivity index (χ4n) is 5.51. The number of ketones is 1. The lowest BCUT2D eigenvalue weighted by Crippen LogP contribution is -2.63. The maximum atomic E-state index is 13.0. The number of fused-ring (bicyclic) bond motifs is 1. The molecule has 4 N–H and O–H groups in total. The van der Waals surface area contributed by atoms with Crippen molar-refractivity contribution in [3.63, 3.8) is 0 Å². The number of aliphatic hydroxyl groups excluding tert-OH is 1. The van der Waals surface area contributed by atoms with Crippen LogP contribution >= 0.6 is 11.8 Å². The number of carboxylic acid groups (broad SMARTS) is 1. The van der Waals surface area contributed by atoms with Crippen molar-refractivity contribution in [2.45, 2.75) is 43.7 Å². The quantitative estimate of drug-likeness (QED) is 0.213. The number of β-lactam (4-membered cyclic amide) rings is 1. The lowest BCUT2D eigenvalue weighted by atomic mass is 9.79. The van der Waals surface area contributed by atoms with Gasteiger partial charge in [-0.3, -0.25) is 19.3 Å². The maximum absolute atomic E-state index is 13.0. The number of phenolic OH excluding ortho intramolecular Hbond substituents is 2. The number of aliphatic hydroxyl groups is 1. The molecule has 2 amide bonds. The Bertz CT molecular complexity index is 1180. The molecule has 11 nitrogen and oxygen atoms in total. The molecule has 0 bridgehead atoms. The van der Waals surface area contributed by atoms with Gasteiger partial charge in [0.2, 0.25) is 11.8 Å². The van der Waals surface area contributed by atoms with E-state index in [0.717, 1.165) is 0 Å². The molecule has 0 aromatic heterocycles. The summed E-state index contributed by atoms with van der Waals surface area (Å²) < 4.78 is 0. The summed E-state index contributed by atoms with van der Waals surface area (Å²) in [7, 11) is 3.25. The summed E-state index contributed by atoms with van der Waals surface area (Å²) in [5, 5.41) is 39.0. The van der Waals surface area contributed by atoms with Crippen molar-refractivity contribution in [1.82, 2.24) is 14.7 Å². The van der Waals surface area contributed by atoms with Crippen LogP contribution in [0.15, 0.2) is 28.8 Å². The molecule has 1 aromatic rings. The highest BCUT2D eigenvalue weighted by atomic mass is 32.2. The zero-order valence-electron chi connectivity index (χ0n) is 21.0. The first-order valence-corrected chi connectivity index (χ1v) is 12.9. The molecular formula is C25H31N3O8S. The van der Waals surface area contributed by atoms with Crippen molar-refractivity contribution >= 4 is 35.3 Å². The fraction of sp³-hybridized carbons (Fsp3) is 0.520. The fourth-order valence-corrected chi connectivity index (χ4v) is 7.06. The zero-order chi connectivity index (χ0) is 27.3. The first-order valence-electron chi connectivity index (χ1n) is 12.0. The molecule has 3 aliphatic heterocycles. The number of rotatable bonds is 8. The molecule has 200 valence electrons. The number of Topliss-reactive ketones (excluding diaryl/α,β-unsaturated/α-hetero) is 1. The molecule has 1 aromatic carbocycles. The number of thioether (sulfide) groups is 1. The topological polar surface area (TPSA) is 159 Å². The molecule has 2 saturated heterocycles. The second-order valence-electron chi connectivity index (χ2n) is 10.1. The number of benzene rings is 1. The monoisotopic (exact) mass is 533 g/mol. The second-order valence-corrected chi connectivity index (χ2v) is 11.4. The standard InChI is InChI=1S/C25H31N3O8S/c1-11-20-19(12(2)29)24(34)28(20)21(25(35)36)22(11)37-14-8-15(23(33)26(3)4)27(9-14)10-18(32)13-5-6-16(30)17(31)7-13/h5-7,11-12,14-15,19-20,29-31H,8-10H2,1-4H3,(H,35,36)/t11-,12?,14+,15-,19-,20-/m1/s1. The molecule has 2 fully saturated rings. The van der Waals surface area contributed by atoms with E-state index in [1.165, 1.54) is 46.7 Å². The van der Waals surface area contributed by atoms with Crippen molar-refractivity contribution in [2.24, 2.45) is 11.8 Å². The lowest BCUT2D eigenvalue weighted by molar-refractivity contribution is -0.163. The van der Waals surface area contributed by atoms with Crippen LogP contribution < -0.4 is 0 Å². The molecule has 0 spiro atoms. The zero-order valence-corrected chi connectivity index (χ0v) is 21.8. The minimum Gasteiger partial charge on any atom is -0.504 e. The van der Waals surface area contributed by atoms with Crippen LogP contribution in [0.25, 0.3) is 0 Å². The number of carbonyl (C=O) groups is 4. The number of likely N-dealkylation sites (tertiary alicyclic amines) is 1. The predicted molar refractivity (Wildman–Crippen MR) is 134 cm³/mol. The Balaban J connectivity index is 1.56. The summed E-state index contributed by atoms with van der Waals surface area (Å²) >= 11 is 1.31. The first-order chi connectivity index (χ1) is 17.3. The van der Waals surface area contributed by atoms with Crippen LogP contribution in [0.2, 0.25) is 0 Å². The van der Waals surface area contributed by atoms with Gasteiger partial charge in [0.1, 0.15) is 5.70 Å². The average molecular weight is 534 g/mol. The Morgan fingerprint density at radius 1 is 1.19 bits per heavy atom. The number of hydrogen-bond acceptors (Lipinski definition) is 9. The van der Waals surface area contributed by atoms with E-state index < -0.39 is 41.7 Å². The number of aromatic hydroxyl groups is 2. The van der Waals surface area contributed by atoms with Crippen LogP contribution in [0.1, 0.15) is 30.6 Å². The SMILES string of the molecule is CC(O)[C@H]1C(=O)N2C(C(=O)O)=C(S[C@H]3C[C@H](C(=O)N(C)C)N(CC(=O)c4ccc(O)c(O)c4)C3)[C@H](C)[C@H]12. The summed E-state index contributed by atoms with van der Waals surface area (Å²) in [6.45, 7) is 3.58. The van der Waals surface area contributed by atoms with Gasteiger partial charge in [0.25, 0.3) is 0 Å². The molecule has 4 rings (SSSR count). The normalized spacial score (nSPS) is 28.2. The molecule has 6 atom stereocenters. The van der Waals surface area contributed by atoms with E-state index in [-0.39, 0.29) is 46.4 Å². The highest BCUT2D eigenvalue weighted by Gasteiger charge is 2.60. The van der Waals surface area contributed by atoms with E-state index in [2.05, 4.69) is 0 Å². The van der Waals surface area contributed by atoms with E-state index >= 15 is 0 Å². The maximum Gasteiger partial charge on any atom is 0.353 e. The van der Waals surface area contributed by atoms with Crippen LogP contribution in [-0.4, -0.2) is 109 Å². The Hall–Kier alpha value is -3.09. The number of phenols is 2. The van der Waals surface area contributed by atoms with Crippen molar-refractivity contribution < 1.29 is 39.6 Å². The van der Waals surface area contributed by atoms with Crippen LogP contribution in [0.4, 0.5) is 0 Å². The van der Waals surface area contributed by atoms with Gasteiger partial charge in [-0.2, -0.15) is 0 Å². The van der Waals surface area contributed by atoms with Crippen molar-refractivity contribution in [2.75, 3.05) is 27.2 Å². The van der Waals surface area contributed by atoms with Crippen molar-refractivity contribution in [3.05, 3.63) is 34.4 Å². The molecule has 0 radical (unpaired) electrons.